The first-order chi connectivity index (χ1) is 18.1. The molecule has 0 saturated carbocycles. The molecule has 5 heteroatoms. The summed E-state index contributed by atoms with van der Waals surface area (Å²) in [5.41, 5.74) is 5.65. The molecule has 0 radical (unpaired) electrons. The molecule has 1 amide bonds. The Bertz CT molecular complexity index is 1320. The molecule has 4 aromatic rings. The van der Waals surface area contributed by atoms with Crippen molar-refractivity contribution < 1.29 is 9.18 Å². The Kier molecular flexibility index (Phi) is 8.00. The number of hydrogen-bond acceptors (Lipinski definition) is 2. The topological polar surface area (TPSA) is 37.3 Å². The van der Waals surface area contributed by atoms with E-state index in [0.717, 1.165) is 48.2 Å². The number of carbonyl (C=O) groups is 1. The molecule has 1 N–H and O–H groups in total. The molecule has 1 fully saturated rings. The van der Waals surface area contributed by atoms with E-state index in [1.54, 1.807) is 0 Å². The number of amides is 1. The average Bonchev–Trinajstić information content (AvgIpc) is 3.28. The van der Waals surface area contributed by atoms with Gasteiger partial charge in [-0.2, -0.15) is 0 Å². The third-order valence-electron chi connectivity index (χ3n) is 7.53. The molecule has 5 rings (SSSR count). The maximum Gasteiger partial charge on any atom is 0.220 e. The molecule has 3 aromatic carbocycles. The first kappa shape index (κ1) is 25.2. The molecule has 1 saturated heterocycles. The Labute approximate surface area is 219 Å². The quantitative estimate of drug-likeness (QED) is 0.296. The van der Waals surface area contributed by atoms with Crippen molar-refractivity contribution >= 4 is 16.8 Å². The van der Waals surface area contributed by atoms with Crippen molar-refractivity contribution in [2.75, 3.05) is 26.2 Å². The van der Waals surface area contributed by atoms with Crippen LogP contribution in [-0.4, -0.2) is 41.6 Å². The van der Waals surface area contributed by atoms with Crippen LogP contribution in [0.15, 0.2) is 79.0 Å². The van der Waals surface area contributed by atoms with Crippen LogP contribution in [0.25, 0.3) is 10.9 Å². The van der Waals surface area contributed by atoms with E-state index in [0.29, 0.717) is 13.0 Å². The van der Waals surface area contributed by atoms with Gasteiger partial charge >= 0.3 is 0 Å². The molecular formula is C32H36FN3O. The van der Waals surface area contributed by atoms with Crippen LogP contribution in [0.2, 0.25) is 0 Å². The van der Waals surface area contributed by atoms with Gasteiger partial charge in [0, 0.05) is 49.1 Å². The second kappa shape index (κ2) is 11.7. The number of halogens is 1. The molecule has 192 valence electrons. The lowest BCUT2D eigenvalue weighted by molar-refractivity contribution is -0.121. The van der Waals surface area contributed by atoms with Crippen molar-refractivity contribution in [3.63, 3.8) is 0 Å². The van der Waals surface area contributed by atoms with Gasteiger partial charge in [0.15, 0.2) is 0 Å². The number of hydrogen-bond donors (Lipinski definition) is 1. The zero-order chi connectivity index (χ0) is 25.6. The van der Waals surface area contributed by atoms with Gasteiger partial charge in [0.05, 0.1) is 0 Å². The van der Waals surface area contributed by atoms with Gasteiger partial charge in [0.2, 0.25) is 5.91 Å². The zero-order valence-electron chi connectivity index (χ0n) is 21.6. The van der Waals surface area contributed by atoms with Crippen LogP contribution in [0.5, 0.6) is 0 Å². The highest BCUT2D eigenvalue weighted by atomic mass is 19.1. The van der Waals surface area contributed by atoms with Crippen molar-refractivity contribution in [1.29, 1.82) is 0 Å². The number of nitrogens with zero attached hydrogens (tertiary/aromatic N) is 2. The third-order valence-corrected chi connectivity index (χ3v) is 7.53. The average molecular weight is 498 g/mol. The summed E-state index contributed by atoms with van der Waals surface area (Å²) in [6.45, 7) is 6.63. The second-order valence-electron chi connectivity index (χ2n) is 10.3. The number of benzene rings is 3. The number of likely N-dealkylation sites (tertiary alicyclic amines) is 1. The van der Waals surface area contributed by atoms with Crippen LogP contribution in [0.1, 0.15) is 53.9 Å². The summed E-state index contributed by atoms with van der Waals surface area (Å²) in [6.07, 6.45) is 6.30. The largest absolute Gasteiger partial charge is 0.355 e. The lowest BCUT2D eigenvalue weighted by Gasteiger charge is -2.26. The van der Waals surface area contributed by atoms with Gasteiger partial charge in [-0.25, -0.2) is 4.39 Å². The van der Waals surface area contributed by atoms with E-state index >= 15 is 0 Å². The van der Waals surface area contributed by atoms with E-state index in [1.165, 1.54) is 42.5 Å². The van der Waals surface area contributed by atoms with Crippen LogP contribution < -0.4 is 5.32 Å². The van der Waals surface area contributed by atoms with E-state index in [4.69, 9.17) is 0 Å². The molecule has 2 heterocycles. The fraction of sp³-hybridized carbons (Fsp3) is 0.344. The minimum Gasteiger partial charge on any atom is -0.355 e. The summed E-state index contributed by atoms with van der Waals surface area (Å²) < 4.78 is 16.1. The number of aromatic nitrogens is 1. The van der Waals surface area contributed by atoms with Crippen molar-refractivity contribution in [2.24, 2.45) is 0 Å². The van der Waals surface area contributed by atoms with Gasteiger partial charge in [-0.3, -0.25) is 4.79 Å². The van der Waals surface area contributed by atoms with Crippen LogP contribution >= 0.6 is 0 Å². The first-order valence-corrected chi connectivity index (χ1v) is 13.4. The van der Waals surface area contributed by atoms with Gasteiger partial charge in [-0.05, 0) is 67.7 Å². The molecule has 1 aliphatic heterocycles. The minimum atomic E-state index is -0.268. The zero-order valence-corrected chi connectivity index (χ0v) is 21.6. The number of para-hydroxylation sites is 1. The van der Waals surface area contributed by atoms with E-state index in [1.807, 2.05) is 18.2 Å². The normalized spacial score (nSPS) is 15.1. The third kappa shape index (κ3) is 6.28. The predicted molar refractivity (Wildman–Crippen MR) is 148 cm³/mol. The maximum absolute atomic E-state index is 13.8. The molecule has 0 unspecified atom stereocenters. The van der Waals surface area contributed by atoms with Crippen LogP contribution in [-0.2, 0) is 11.3 Å². The molecule has 0 spiro atoms. The van der Waals surface area contributed by atoms with Crippen LogP contribution in [0.3, 0.4) is 0 Å². The monoisotopic (exact) mass is 497 g/mol. The molecule has 1 atom stereocenters. The number of fused-ring (bicyclic) bond motifs is 1. The molecule has 1 aliphatic rings. The van der Waals surface area contributed by atoms with Gasteiger partial charge in [-0.15, -0.1) is 0 Å². The molecule has 0 bridgehead atoms. The summed E-state index contributed by atoms with van der Waals surface area (Å²) in [7, 11) is 0. The molecule has 4 nitrogen and oxygen atoms in total. The van der Waals surface area contributed by atoms with E-state index in [-0.39, 0.29) is 17.6 Å². The predicted octanol–water partition coefficient (Wildman–Crippen LogP) is 6.26. The molecule has 1 aromatic heterocycles. The van der Waals surface area contributed by atoms with Gasteiger partial charge < -0.3 is 14.8 Å². The number of aryl methyl sites for hydroxylation is 1. The number of rotatable bonds is 9. The summed E-state index contributed by atoms with van der Waals surface area (Å²) in [5.74, 6) is -0.406. The van der Waals surface area contributed by atoms with Gasteiger partial charge in [0.25, 0.3) is 0 Å². The van der Waals surface area contributed by atoms with Crippen molar-refractivity contribution in [1.82, 2.24) is 14.8 Å². The molecule has 37 heavy (non-hydrogen) atoms. The number of nitrogens with one attached hydrogen (secondary N) is 1. The lowest BCUT2D eigenvalue weighted by Crippen LogP contribution is -2.38. The molecular weight excluding hydrogens is 461 g/mol. The summed E-state index contributed by atoms with van der Waals surface area (Å²) in [5, 5.41) is 4.28. The minimum absolute atomic E-state index is 0.0294. The lowest BCUT2D eigenvalue weighted by atomic mass is 9.88. The van der Waals surface area contributed by atoms with Crippen LogP contribution in [0.4, 0.5) is 4.39 Å². The molecule has 0 aliphatic carbocycles. The highest BCUT2D eigenvalue weighted by molar-refractivity contribution is 5.86. The van der Waals surface area contributed by atoms with E-state index in [2.05, 4.69) is 70.4 Å². The second-order valence-corrected chi connectivity index (χ2v) is 10.3. The fourth-order valence-corrected chi connectivity index (χ4v) is 5.47. The smallest absolute Gasteiger partial charge is 0.220 e. The SMILES string of the molecule is Cc1ccc(Cn2cc([C@H](CC(=O)NCCN3CCCCC3)c3ccc(F)cc3)c3ccccc32)cc1. The summed E-state index contributed by atoms with van der Waals surface area (Å²) in [4.78, 5) is 15.6. The fourth-order valence-electron chi connectivity index (χ4n) is 5.47. The van der Waals surface area contributed by atoms with E-state index in [9.17, 15) is 9.18 Å². The highest BCUT2D eigenvalue weighted by Crippen LogP contribution is 2.35. The Morgan fingerprint density at radius 2 is 1.68 bits per heavy atom. The van der Waals surface area contributed by atoms with Crippen molar-refractivity contribution in [2.45, 2.75) is 45.1 Å². The number of piperidine rings is 1. The Hall–Kier alpha value is -3.44. The highest BCUT2D eigenvalue weighted by Gasteiger charge is 2.23. The summed E-state index contributed by atoms with van der Waals surface area (Å²) >= 11 is 0. The Morgan fingerprint density at radius 3 is 2.43 bits per heavy atom. The standard InChI is InChI=1S/C32H36FN3O/c1-24-9-11-25(12-10-24)22-36-23-30(28-7-3-4-8-31(28)36)29(26-13-15-27(33)16-14-26)21-32(37)34-17-20-35-18-5-2-6-19-35/h3-4,7-16,23,29H,2,5-6,17-22H2,1H3,(H,34,37)/t29-/m1/s1. The van der Waals surface area contributed by atoms with E-state index < -0.39 is 0 Å². The van der Waals surface area contributed by atoms with Crippen molar-refractivity contribution in [3.8, 4) is 0 Å². The Morgan fingerprint density at radius 1 is 0.946 bits per heavy atom. The van der Waals surface area contributed by atoms with Crippen molar-refractivity contribution in [3.05, 3.63) is 107 Å². The van der Waals surface area contributed by atoms with Crippen LogP contribution in [0, 0.1) is 12.7 Å². The Balaban J connectivity index is 1.41. The van der Waals surface area contributed by atoms with Gasteiger partial charge in [0.1, 0.15) is 5.82 Å². The first-order valence-electron chi connectivity index (χ1n) is 13.4. The summed E-state index contributed by atoms with van der Waals surface area (Å²) in [6, 6.07) is 23.6. The number of carbonyl (C=O) groups excluding carboxylic acids is 1. The van der Waals surface area contributed by atoms with Gasteiger partial charge in [-0.1, -0.05) is 66.6 Å². The maximum atomic E-state index is 13.8.